The summed E-state index contributed by atoms with van der Waals surface area (Å²) < 4.78 is 0. The van der Waals surface area contributed by atoms with Gasteiger partial charge in [0.1, 0.15) is 0 Å². The highest BCUT2D eigenvalue weighted by Crippen LogP contribution is 2.46. The summed E-state index contributed by atoms with van der Waals surface area (Å²) in [5.41, 5.74) is 10.6. The van der Waals surface area contributed by atoms with Crippen LogP contribution in [-0.2, 0) is 0 Å². The van der Waals surface area contributed by atoms with Gasteiger partial charge in [-0.05, 0) is 109 Å². The highest BCUT2D eigenvalue weighted by Gasteiger charge is 2.21. The van der Waals surface area contributed by atoms with E-state index in [0.29, 0.717) is 11.8 Å². The third kappa shape index (κ3) is 5.87. The Bertz CT molecular complexity index is 2070. The van der Waals surface area contributed by atoms with Gasteiger partial charge in [-0.15, -0.1) is 0 Å². The molecule has 1 fully saturated rings. The fourth-order valence-corrected chi connectivity index (χ4v) is 7.93. The predicted octanol–water partition coefficient (Wildman–Crippen LogP) is 14.1. The largest absolute Gasteiger partial charge is 0.0988 e. The van der Waals surface area contributed by atoms with E-state index in [1.807, 2.05) is 6.08 Å². The van der Waals surface area contributed by atoms with Crippen LogP contribution in [0.5, 0.6) is 0 Å². The summed E-state index contributed by atoms with van der Waals surface area (Å²) in [6.07, 6.45) is 14.2. The third-order valence-electron chi connectivity index (χ3n) is 10.7. The van der Waals surface area contributed by atoms with Crippen molar-refractivity contribution in [3.63, 3.8) is 0 Å². The maximum atomic E-state index is 3.94. The molecule has 1 atom stereocenters. The second-order valence-corrected chi connectivity index (χ2v) is 13.5. The van der Waals surface area contributed by atoms with E-state index in [1.54, 1.807) is 0 Å². The molecule has 0 spiro atoms. The van der Waals surface area contributed by atoms with Crippen molar-refractivity contribution in [2.75, 3.05) is 0 Å². The molecule has 0 amide bonds. The van der Waals surface area contributed by atoms with Gasteiger partial charge in [0.25, 0.3) is 0 Å². The Morgan fingerprint density at radius 3 is 1.85 bits per heavy atom. The van der Waals surface area contributed by atoms with E-state index in [1.165, 1.54) is 109 Å². The van der Waals surface area contributed by atoms with Crippen LogP contribution in [0.1, 0.15) is 76.3 Å². The lowest BCUT2D eigenvalue weighted by Crippen LogP contribution is -2.05. The van der Waals surface area contributed by atoms with Gasteiger partial charge in [-0.3, -0.25) is 0 Å². The van der Waals surface area contributed by atoms with E-state index >= 15 is 0 Å². The molecule has 1 aliphatic carbocycles. The van der Waals surface area contributed by atoms with Crippen molar-refractivity contribution >= 4 is 37.9 Å². The molecule has 0 saturated heterocycles. The standard InChI is InChI=1S/C47H46/c1-5-32(3)26-31-37(33(4)6-2)35-27-29-36(30-28-35)46-42-18-10-12-20-44(42)47(45-21-13-11-19-43(45)46)41-25-15-23-39-38(22-14-24-40(39)41)34-16-8-7-9-17-34/h5,10-15,18-31,33-34H,1,6-9,16-17H2,2-4H3/b32-26-,37-31+/t33-/m1/s1. The van der Waals surface area contributed by atoms with Gasteiger partial charge in [-0.2, -0.15) is 0 Å². The first-order valence-electron chi connectivity index (χ1n) is 17.7. The number of benzene rings is 6. The topological polar surface area (TPSA) is 0 Å². The van der Waals surface area contributed by atoms with Crippen LogP contribution in [-0.4, -0.2) is 0 Å². The van der Waals surface area contributed by atoms with Gasteiger partial charge >= 0.3 is 0 Å². The Hall–Kier alpha value is -4.68. The Kier molecular flexibility index (Phi) is 8.94. The zero-order chi connectivity index (χ0) is 32.3. The van der Waals surface area contributed by atoms with Gasteiger partial charge < -0.3 is 0 Å². The van der Waals surface area contributed by atoms with Gasteiger partial charge in [0.2, 0.25) is 0 Å². The molecule has 7 rings (SSSR count). The van der Waals surface area contributed by atoms with E-state index in [-0.39, 0.29) is 0 Å². The normalized spacial score (nSPS) is 15.4. The average molecular weight is 611 g/mol. The van der Waals surface area contributed by atoms with Gasteiger partial charge in [0.15, 0.2) is 0 Å². The zero-order valence-electron chi connectivity index (χ0n) is 28.2. The molecule has 0 heteroatoms. The molecule has 6 aromatic rings. The van der Waals surface area contributed by atoms with Crippen LogP contribution in [0.15, 0.2) is 140 Å². The highest BCUT2D eigenvalue weighted by atomic mass is 14.2. The van der Waals surface area contributed by atoms with Crippen molar-refractivity contribution in [2.45, 2.75) is 65.2 Å². The quantitative estimate of drug-likeness (QED) is 0.119. The molecule has 47 heavy (non-hydrogen) atoms. The molecule has 0 bridgehead atoms. The molecule has 6 aromatic carbocycles. The molecule has 0 radical (unpaired) electrons. The summed E-state index contributed by atoms with van der Waals surface area (Å²) in [7, 11) is 0. The number of hydrogen-bond donors (Lipinski definition) is 0. The Labute approximate surface area is 281 Å². The van der Waals surface area contributed by atoms with Crippen LogP contribution in [0.3, 0.4) is 0 Å². The molecular weight excluding hydrogens is 565 g/mol. The summed E-state index contributed by atoms with van der Waals surface area (Å²) in [6.45, 7) is 10.6. The molecule has 0 nitrogen and oxygen atoms in total. The first kappa shape index (κ1) is 30.9. The minimum Gasteiger partial charge on any atom is -0.0988 e. The van der Waals surface area contributed by atoms with Crippen molar-refractivity contribution in [1.29, 1.82) is 0 Å². The molecule has 0 aromatic heterocycles. The van der Waals surface area contributed by atoms with Crippen molar-refractivity contribution < 1.29 is 0 Å². The first-order valence-corrected chi connectivity index (χ1v) is 17.7. The molecule has 0 N–H and O–H groups in total. The van der Waals surface area contributed by atoms with E-state index in [4.69, 9.17) is 0 Å². The predicted molar refractivity (Wildman–Crippen MR) is 207 cm³/mol. The lowest BCUT2D eigenvalue weighted by molar-refractivity contribution is 0.445. The second-order valence-electron chi connectivity index (χ2n) is 13.5. The van der Waals surface area contributed by atoms with Crippen LogP contribution in [0, 0.1) is 5.92 Å². The van der Waals surface area contributed by atoms with Crippen molar-refractivity contribution in [3.05, 3.63) is 151 Å². The van der Waals surface area contributed by atoms with Crippen molar-refractivity contribution in [2.24, 2.45) is 5.92 Å². The molecule has 1 aliphatic rings. The minimum absolute atomic E-state index is 0.468. The summed E-state index contributed by atoms with van der Waals surface area (Å²) in [6, 6.07) is 41.4. The summed E-state index contributed by atoms with van der Waals surface area (Å²) >= 11 is 0. The fraction of sp³-hybridized carbons (Fsp3) is 0.234. The number of hydrogen-bond acceptors (Lipinski definition) is 0. The Morgan fingerprint density at radius 1 is 0.660 bits per heavy atom. The molecule has 234 valence electrons. The van der Waals surface area contributed by atoms with Crippen molar-refractivity contribution in [1.82, 2.24) is 0 Å². The van der Waals surface area contributed by atoms with Gasteiger partial charge in [-0.1, -0.05) is 173 Å². The average Bonchev–Trinajstić information content (AvgIpc) is 3.14. The zero-order valence-corrected chi connectivity index (χ0v) is 28.2. The summed E-state index contributed by atoms with van der Waals surface area (Å²) in [5, 5.41) is 8.02. The first-order chi connectivity index (χ1) is 23.1. The maximum absolute atomic E-state index is 3.94. The number of rotatable bonds is 8. The van der Waals surface area contributed by atoms with Crippen LogP contribution >= 0.6 is 0 Å². The number of fused-ring (bicyclic) bond motifs is 3. The van der Waals surface area contributed by atoms with Crippen LogP contribution in [0.2, 0.25) is 0 Å². The van der Waals surface area contributed by atoms with Crippen LogP contribution < -0.4 is 0 Å². The van der Waals surface area contributed by atoms with Gasteiger partial charge in [-0.25, -0.2) is 0 Å². The monoisotopic (exact) mass is 610 g/mol. The highest BCUT2D eigenvalue weighted by molar-refractivity contribution is 6.23. The third-order valence-corrected chi connectivity index (χ3v) is 10.7. The molecule has 0 unspecified atom stereocenters. The SMILES string of the molecule is C=C/C(C)=C\C=C(\c1ccc(-c2c3ccccc3c(-c3cccc4c(C5CCCCC5)cccc34)c3ccccc23)cc1)[C@H](C)CC. The molecule has 0 aliphatic heterocycles. The maximum Gasteiger partial charge on any atom is -0.00201 e. The van der Waals surface area contributed by atoms with Gasteiger partial charge in [0.05, 0.1) is 0 Å². The molecule has 1 saturated carbocycles. The number of allylic oxidation sites excluding steroid dienone is 5. The van der Waals surface area contributed by atoms with E-state index in [0.717, 1.165) is 6.42 Å². The van der Waals surface area contributed by atoms with E-state index < -0.39 is 0 Å². The van der Waals surface area contributed by atoms with E-state index in [2.05, 4.69) is 149 Å². The van der Waals surface area contributed by atoms with Gasteiger partial charge in [0, 0.05) is 0 Å². The lowest BCUT2D eigenvalue weighted by Gasteiger charge is -2.24. The van der Waals surface area contributed by atoms with E-state index in [9.17, 15) is 0 Å². The second kappa shape index (κ2) is 13.6. The fourth-order valence-electron chi connectivity index (χ4n) is 7.93. The van der Waals surface area contributed by atoms with Crippen LogP contribution in [0.4, 0.5) is 0 Å². The lowest BCUT2D eigenvalue weighted by atomic mass is 9.80. The van der Waals surface area contributed by atoms with Crippen molar-refractivity contribution in [3.8, 4) is 22.3 Å². The summed E-state index contributed by atoms with van der Waals surface area (Å²) in [5.74, 6) is 1.13. The smallest absolute Gasteiger partial charge is 0.00201 e. The molecular formula is C47H46. The minimum atomic E-state index is 0.468. The Morgan fingerprint density at radius 2 is 1.23 bits per heavy atom. The van der Waals surface area contributed by atoms with Crippen LogP contribution in [0.25, 0.3) is 60.1 Å². The Balaban J connectivity index is 1.43. The summed E-state index contributed by atoms with van der Waals surface area (Å²) in [4.78, 5) is 0. The molecule has 0 heterocycles.